The zero-order chi connectivity index (χ0) is 14.4. The number of hydrogen-bond acceptors (Lipinski definition) is 2. The van der Waals surface area contributed by atoms with Crippen LogP contribution in [0.15, 0.2) is 12.1 Å². The number of pyridine rings is 1. The van der Waals surface area contributed by atoms with Crippen molar-refractivity contribution in [1.29, 1.82) is 0 Å². The molecule has 1 amide bonds. The lowest BCUT2D eigenvalue weighted by Gasteiger charge is -2.51. The van der Waals surface area contributed by atoms with Crippen molar-refractivity contribution in [2.75, 3.05) is 4.90 Å². The first kappa shape index (κ1) is 13.8. The van der Waals surface area contributed by atoms with Gasteiger partial charge in [-0.3, -0.25) is 4.90 Å². The molecule has 2 rings (SSSR count). The van der Waals surface area contributed by atoms with E-state index in [-0.39, 0.29) is 5.41 Å². The molecule has 0 bridgehead atoms. The van der Waals surface area contributed by atoms with Gasteiger partial charge in [0.25, 0.3) is 0 Å². The van der Waals surface area contributed by atoms with Gasteiger partial charge in [-0.05, 0) is 43.7 Å². The highest BCUT2D eigenvalue weighted by molar-refractivity contribution is 5.88. The van der Waals surface area contributed by atoms with Crippen molar-refractivity contribution >= 4 is 11.9 Å². The molecule has 104 valence electrons. The Balaban J connectivity index is 2.62. The van der Waals surface area contributed by atoms with Crippen LogP contribution in [0.3, 0.4) is 0 Å². The summed E-state index contributed by atoms with van der Waals surface area (Å²) in [5.74, 6) is 0.608. The Bertz CT molecular complexity index is 519. The van der Waals surface area contributed by atoms with E-state index in [0.717, 1.165) is 24.1 Å². The molecular formula is C15H22N2O2. The summed E-state index contributed by atoms with van der Waals surface area (Å²) in [5, 5.41) is 9.66. The summed E-state index contributed by atoms with van der Waals surface area (Å²) in [6.07, 6.45) is 0.775. The zero-order valence-corrected chi connectivity index (χ0v) is 12.3. The summed E-state index contributed by atoms with van der Waals surface area (Å²) < 4.78 is 0. The molecule has 0 aliphatic carbocycles. The Hall–Kier alpha value is -1.58. The van der Waals surface area contributed by atoms with E-state index in [9.17, 15) is 9.90 Å². The second-order valence-corrected chi connectivity index (χ2v) is 6.58. The molecule has 1 atom stereocenters. The van der Waals surface area contributed by atoms with Gasteiger partial charge < -0.3 is 5.11 Å². The van der Waals surface area contributed by atoms with Crippen molar-refractivity contribution in [1.82, 2.24) is 4.98 Å². The largest absolute Gasteiger partial charge is 0.465 e. The van der Waals surface area contributed by atoms with Crippen LogP contribution in [0.1, 0.15) is 45.4 Å². The van der Waals surface area contributed by atoms with Crippen LogP contribution in [-0.4, -0.2) is 21.7 Å². The number of anilines is 1. The van der Waals surface area contributed by atoms with Crippen LogP contribution in [0.2, 0.25) is 0 Å². The van der Waals surface area contributed by atoms with Crippen molar-refractivity contribution < 1.29 is 9.90 Å². The second-order valence-electron chi connectivity index (χ2n) is 6.58. The Labute approximate surface area is 114 Å². The van der Waals surface area contributed by atoms with E-state index in [1.54, 1.807) is 0 Å². The van der Waals surface area contributed by atoms with Crippen molar-refractivity contribution in [2.24, 2.45) is 5.41 Å². The zero-order valence-electron chi connectivity index (χ0n) is 12.3. The highest BCUT2D eigenvalue weighted by Gasteiger charge is 2.49. The van der Waals surface area contributed by atoms with E-state index in [1.807, 2.05) is 26.0 Å². The highest BCUT2D eigenvalue weighted by Crippen LogP contribution is 2.45. The average molecular weight is 262 g/mol. The lowest BCUT2D eigenvalue weighted by Crippen LogP contribution is -2.60. The monoisotopic (exact) mass is 262 g/mol. The van der Waals surface area contributed by atoms with Crippen LogP contribution >= 0.6 is 0 Å². The van der Waals surface area contributed by atoms with Crippen LogP contribution in [0, 0.1) is 12.3 Å². The maximum atomic E-state index is 11.8. The van der Waals surface area contributed by atoms with Gasteiger partial charge in [-0.25, -0.2) is 9.78 Å². The maximum Gasteiger partial charge on any atom is 0.413 e. The number of carbonyl (C=O) groups is 1. The summed E-state index contributed by atoms with van der Waals surface area (Å²) in [5.41, 5.74) is 1.29. The molecule has 0 spiro atoms. The van der Waals surface area contributed by atoms with Gasteiger partial charge in [-0.2, -0.15) is 0 Å². The van der Waals surface area contributed by atoms with E-state index >= 15 is 0 Å². The number of rotatable bonds is 0. The summed E-state index contributed by atoms with van der Waals surface area (Å²) in [4.78, 5) is 17.7. The predicted molar refractivity (Wildman–Crippen MR) is 75.7 cm³/mol. The standard InChI is InChI=1S/C15H22N2O2/c1-10-6-7-11-8-9-15(5,14(2,3)4)17(13(18)19)12(11)16-10/h6-7H,8-9H2,1-5H3,(H,18,19). The quantitative estimate of drug-likeness (QED) is 0.776. The molecule has 1 aromatic heterocycles. The summed E-state index contributed by atoms with van der Waals surface area (Å²) in [7, 11) is 0. The molecule has 0 fully saturated rings. The first-order valence-corrected chi connectivity index (χ1v) is 6.66. The Morgan fingerprint density at radius 3 is 2.58 bits per heavy atom. The third-order valence-electron chi connectivity index (χ3n) is 4.49. The van der Waals surface area contributed by atoms with Gasteiger partial charge in [-0.1, -0.05) is 26.8 Å². The fraction of sp³-hybridized carbons (Fsp3) is 0.600. The minimum absolute atomic E-state index is 0.144. The molecule has 1 aliphatic rings. The average Bonchev–Trinajstić information content (AvgIpc) is 2.26. The van der Waals surface area contributed by atoms with E-state index in [4.69, 9.17) is 0 Å². The van der Waals surface area contributed by atoms with E-state index in [0.29, 0.717) is 5.82 Å². The van der Waals surface area contributed by atoms with Crippen molar-refractivity contribution in [2.45, 2.75) is 53.0 Å². The third kappa shape index (κ3) is 2.09. The molecule has 1 unspecified atom stereocenters. The number of amides is 1. The fourth-order valence-corrected chi connectivity index (χ4v) is 2.70. The summed E-state index contributed by atoms with van der Waals surface area (Å²) in [6, 6.07) is 3.94. The van der Waals surface area contributed by atoms with E-state index < -0.39 is 11.6 Å². The van der Waals surface area contributed by atoms with Gasteiger partial charge in [0.1, 0.15) is 5.82 Å². The van der Waals surface area contributed by atoms with Gasteiger partial charge in [0.2, 0.25) is 0 Å². The van der Waals surface area contributed by atoms with Gasteiger partial charge >= 0.3 is 6.09 Å². The molecule has 0 saturated heterocycles. The van der Waals surface area contributed by atoms with Crippen LogP contribution in [0.25, 0.3) is 0 Å². The minimum atomic E-state index is -0.920. The third-order valence-corrected chi connectivity index (χ3v) is 4.49. The molecule has 0 aromatic carbocycles. The van der Waals surface area contributed by atoms with Gasteiger partial charge in [0.15, 0.2) is 0 Å². The molecule has 1 N–H and O–H groups in total. The first-order valence-electron chi connectivity index (χ1n) is 6.66. The molecule has 2 heterocycles. The highest BCUT2D eigenvalue weighted by atomic mass is 16.4. The molecule has 4 nitrogen and oxygen atoms in total. The number of carboxylic acid groups (broad SMARTS) is 1. The molecule has 19 heavy (non-hydrogen) atoms. The Morgan fingerprint density at radius 2 is 2.05 bits per heavy atom. The van der Waals surface area contributed by atoms with Gasteiger partial charge in [0, 0.05) is 5.69 Å². The Morgan fingerprint density at radius 1 is 1.42 bits per heavy atom. The Kier molecular flexibility index (Phi) is 3.07. The number of nitrogens with zero attached hydrogens (tertiary/aromatic N) is 2. The lowest BCUT2D eigenvalue weighted by atomic mass is 9.69. The van der Waals surface area contributed by atoms with Crippen LogP contribution < -0.4 is 4.90 Å². The predicted octanol–water partition coefficient (Wildman–Crippen LogP) is 3.63. The van der Waals surface area contributed by atoms with E-state index in [1.165, 1.54) is 4.90 Å². The number of aryl methyl sites for hydroxylation is 2. The number of hydrogen-bond donors (Lipinski definition) is 1. The first-order chi connectivity index (χ1) is 8.67. The SMILES string of the molecule is Cc1ccc2c(n1)N(C(=O)O)C(C)(C(C)(C)C)CC2. The molecule has 1 aromatic rings. The van der Waals surface area contributed by atoms with Crippen LogP contribution in [-0.2, 0) is 6.42 Å². The molecule has 1 aliphatic heterocycles. The summed E-state index contributed by atoms with van der Waals surface area (Å²) in [6.45, 7) is 10.2. The summed E-state index contributed by atoms with van der Waals surface area (Å²) >= 11 is 0. The van der Waals surface area contributed by atoms with Crippen LogP contribution in [0.4, 0.5) is 10.6 Å². The van der Waals surface area contributed by atoms with E-state index in [2.05, 4.69) is 25.8 Å². The molecule has 0 saturated carbocycles. The van der Waals surface area contributed by atoms with Gasteiger partial charge in [-0.15, -0.1) is 0 Å². The second kappa shape index (κ2) is 4.22. The minimum Gasteiger partial charge on any atom is -0.465 e. The lowest BCUT2D eigenvalue weighted by molar-refractivity contribution is 0.146. The van der Waals surface area contributed by atoms with Crippen molar-refractivity contribution in [3.05, 3.63) is 23.4 Å². The topological polar surface area (TPSA) is 53.4 Å². The van der Waals surface area contributed by atoms with Crippen molar-refractivity contribution in [3.8, 4) is 0 Å². The maximum absolute atomic E-state index is 11.8. The normalized spacial score (nSPS) is 23.1. The number of aromatic nitrogens is 1. The molecular weight excluding hydrogens is 240 g/mol. The molecule has 4 heteroatoms. The van der Waals surface area contributed by atoms with Crippen LogP contribution in [0.5, 0.6) is 0 Å². The van der Waals surface area contributed by atoms with Gasteiger partial charge in [0.05, 0.1) is 5.54 Å². The van der Waals surface area contributed by atoms with Crippen molar-refractivity contribution in [3.63, 3.8) is 0 Å². The smallest absolute Gasteiger partial charge is 0.413 e. The molecule has 0 radical (unpaired) electrons. The fourth-order valence-electron chi connectivity index (χ4n) is 2.70. The number of fused-ring (bicyclic) bond motifs is 1.